The van der Waals surface area contributed by atoms with Crippen LogP contribution in [0.15, 0.2) is 24.4 Å². The van der Waals surface area contributed by atoms with Crippen molar-refractivity contribution >= 4 is 5.97 Å². The predicted molar refractivity (Wildman–Crippen MR) is 63.9 cm³/mol. The molecule has 0 aliphatic rings. The number of aryl methyl sites for hydroxylation is 2. The highest BCUT2D eigenvalue weighted by molar-refractivity contribution is 5.89. The first-order chi connectivity index (χ1) is 8.49. The summed E-state index contributed by atoms with van der Waals surface area (Å²) in [5, 5.41) is 8.98. The van der Waals surface area contributed by atoms with E-state index in [1.165, 1.54) is 12.1 Å². The summed E-state index contributed by atoms with van der Waals surface area (Å²) < 4.78 is 12.8. The third-order valence-electron chi connectivity index (χ3n) is 2.60. The van der Waals surface area contributed by atoms with Gasteiger partial charge in [0.15, 0.2) is 0 Å². The van der Waals surface area contributed by atoms with Gasteiger partial charge < -0.3 is 5.11 Å². The fourth-order valence-electron chi connectivity index (χ4n) is 1.70. The maximum absolute atomic E-state index is 12.8. The van der Waals surface area contributed by atoms with E-state index in [4.69, 9.17) is 5.11 Å². The van der Waals surface area contributed by atoms with Gasteiger partial charge in [0.25, 0.3) is 0 Å². The summed E-state index contributed by atoms with van der Waals surface area (Å²) in [7, 11) is 0. The van der Waals surface area contributed by atoms with Gasteiger partial charge in [-0.05, 0) is 37.6 Å². The van der Waals surface area contributed by atoms with E-state index in [0.717, 1.165) is 6.20 Å². The molecule has 0 unspecified atom stereocenters. The Morgan fingerprint density at radius 3 is 2.61 bits per heavy atom. The van der Waals surface area contributed by atoms with Gasteiger partial charge in [-0.1, -0.05) is 0 Å². The number of carbonyl (C=O) groups is 1. The van der Waals surface area contributed by atoms with Crippen LogP contribution in [0.4, 0.5) is 4.39 Å². The number of hydrogen-bond donors (Lipinski definition) is 1. The predicted octanol–water partition coefficient (Wildman–Crippen LogP) is 2.60. The zero-order valence-electron chi connectivity index (χ0n) is 9.94. The van der Waals surface area contributed by atoms with Gasteiger partial charge in [-0.2, -0.15) is 0 Å². The Hall–Kier alpha value is -2.30. The first kappa shape index (κ1) is 12.2. The monoisotopic (exact) mass is 246 g/mol. The molecule has 0 radical (unpaired) electrons. The molecule has 18 heavy (non-hydrogen) atoms. The Morgan fingerprint density at radius 1 is 1.33 bits per heavy atom. The van der Waals surface area contributed by atoms with E-state index in [0.29, 0.717) is 22.6 Å². The van der Waals surface area contributed by atoms with Crippen LogP contribution in [0.25, 0.3) is 11.4 Å². The van der Waals surface area contributed by atoms with E-state index < -0.39 is 11.8 Å². The Balaban J connectivity index is 2.56. The van der Waals surface area contributed by atoms with Gasteiger partial charge in [-0.25, -0.2) is 9.18 Å². The first-order valence-corrected chi connectivity index (χ1v) is 5.32. The van der Waals surface area contributed by atoms with Crippen molar-refractivity contribution in [3.63, 3.8) is 0 Å². The lowest BCUT2D eigenvalue weighted by Crippen LogP contribution is -2.04. The molecule has 2 aromatic heterocycles. The van der Waals surface area contributed by atoms with E-state index in [9.17, 15) is 9.18 Å². The van der Waals surface area contributed by atoms with Crippen molar-refractivity contribution in [1.82, 2.24) is 9.97 Å². The minimum atomic E-state index is -1.01. The molecule has 0 atom stereocenters. The molecule has 0 bridgehead atoms. The molecule has 0 amide bonds. The van der Waals surface area contributed by atoms with Crippen molar-refractivity contribution in [2.75, 3.05) is 0 Å². The number of rotatable bonds is 2. The standard InChI is InChI=1S/C13H11FN2O2/c1-7-5-10(13(17)18)8(2)16-12(7)11-4-3-9(14)6-15-11/h3-6H,1-2H3,(H,17,18). The molecule has 0 spiro atoms. The second kappa shape index (κ2) is 4.52. The number of aromatic nitrogens is 2. The third kappa shape index (κ3) is 2.20. The molecule has 0 saturated heterocycles. The van der Waals surface area contributed by atoms with Crippen molar-refractivity contribution in [1.29, 1.82) is 0 Å². The molecule has 1 N–H and O–H groups in total. The van der Waals surface area contributed by atoms with Crippen molar-refractivity contribution < 1.29 is 14.3 Å². The highest BCUT2D eigenvalue weighted by Gasteiger charge is 2.13. The summed E-state index contributed by atoms with van der Waals surface area (Å²) in [5.74, 6) is -1.43. The SMILES string of the molecule is Cc1cc(C(=O)O)c(C)nc1-c1ccc(F)cn1. The number of nitrogens with zero attached hydrogens (tertiary/aromatic N) is 2. The Morgan fingerprint density at radius 2 is 2.06 bits per heavy atom. The summed E-state index contributed by atoms with van der Waals surface area (Å²) in [5.41, 5.74) is 2.36. The fraction of sp³-hybridized carbons (Fsp3) is 0.154. The largest absolute Gasteiger partial charge is 0.478 e. The number of aromatic carboxylic acids is 1. The number of hydrogen-bond acceptors (Lipinski definition) is 3. The van der Waals surface area contributed by atoms with E-state index in [2.05, 4.69) is 9.97 Å². The van der Waals surface area contributed by atoms with Crippen LogP contribution in [0, 0.1) is 19.7 Å². The molecular formula is C13H11FN2O2. The van der Waals surface area contributed by atoms with E-state index in [1.54, 1.807) is 19.9 Å². The average Bonchev–Trinajstić information content (AvgIpc) is 2.32. The lowest BCUT2D eigenvalue weighted by atomic mass is 10.1. The molecule has 2 heterocycles. The molecule has 0 aromatic carbocycles. The molecular weight excluding hydrogens is 235 g/mol. The molecule has 0 aliphatic heterocycles. The summed E-state index contributed by atoms with van der Waals surface area (Å²) in [6.07, 6.45) is 1.11. The normalized spacial score (nSPS) is 10.4. The Bertz CT molecular complexity index is 609. The van der Waals surface area contributed by atoms with Gasteiger partial charge in [0.2, 0.25) is 0 Å². The number of pyridine rings is 2. The molecule has 0 fully saturated rings. The molecule has 2 rings (SSSR count). The van der Waals surface area contributed by atoms with Gasteiger partial charge in [-0.3, -0.25) is 9.97 Å². The van der Waals surface area contributed by atoms with Crippen molar-refractivity contribution in [2.45, 2.75) is 13.8 Å². The molecule has 2 aromatic rings. The average molecular weight is 246 g/mol. The van der Waals surface area contributed by atoms with Crippen LogP contribution in [0.1, 0.15) is 21.6 Å². The van der Waals surface area contributed by atoms with Gasteiger partial charge in [0.1, 0.15) is 5.82 Å². The van der Waals surface area contributed by atoms with Crippen molar-refractivity contribution in [2.24, 2.45) is 0 Å². The maximum Gasteiger partial charge on any atom is 0.337 e. The minimum Gasteiger partial charge on any atom is -0.478 e. The first-order valence-electron chi connectivity index (χ1n) is 5.32. The van der Waals surface area contributed by atoms with Crippen LogP contribution in [-0.2, 0) is 0 Å². The second-order valence-electron chi connectivity index (χ2n) is 3.95. The smallest absolute Gasteiger partial charge is 0.337 e. The van der Waals surface area contributed by atoms with E-state index in [-0.39, 0.29) is 5.56 Å². The number of halogens is 1. The summed E-state index contributed by atoms with van der Waals surface area (Å²) >= 11 is 0. The highest BCUT2D eigenvalue weighted by Crippen LogP contribution is 2.21. The van der Waals surface area contributed by atoms with Crippen molar-refractivity contribution in [3.8, 4) is 11.4 Å². The Labute approximate surface area is 103 Å². The topological polar surface area (TPSA) is 63.1 Å². The number of carboxylic acids is 1. The molecule has 0 saturated carbocycles. The van der Waals surface area contributed by atoms with E-state index >= 15 is 0 Å². The molecule has 92 valence electrons. The Kier molecular flexibility index (Phi) is 3.06. The lowest BCUT2D eigenvalue weighted by molar-refractivity contribution is 0.0695. The molecule has 4 nitrogen and oxygen atoms in total. The van der Waals surface area contributed by atoms with E-state index in [1.807, 2.05) is 0 Å². The quantitative estimate of drug-likeness (QED) is 0.884. The van der Waals surface area contributed by atoms with Crippen LogP contribution in [0.5, 0.6) is 0 Å². The van der Waals surface area contributed by atoms with Crippen LogP contribution in [0.3, 0.4) is 0 Å². The van der Waals surface area contributed by atoms with Crippen LogP contribution in [0.2, 0.25) is 0 Å². The zero-order valence-corrected chi connectivity index (χ0v) is 9.94. The van der Waals surface area contributed by atoms with Crippen LogP contribution in [-0.4, -0.2) is 21.0 Å². The van der Waals surface area contributed by atoms with Crippen LogP contribution < -0.4 is 0 Å². The summed E-state index contributed by atoms with van der Waals surface area (Å²) in [4.78, 5) is 19.1. The third-order valence-corrected chi connectivity index (χ3v) is 2.60. The summed E-state index contributed by atoms with van der Waals surface area (Å²) in [6, 6.07) is 4.36. The van der Waals surface area contributed by atoms with Gasteiger partial charge in [0, 0.05) is 0 Å². The van der Waals surface area contributed by atoms with Crippen LogP contribution >= 0.6 is 0 Å². The lowest BCUT2D eigenvalue weighted by Gasteiger charge is -2.08. The van der Waals surface area contributed by atoms with Crippen molar-refractivity contribution in [3.05, 3.63) is 47.0 Å². The number of carboxylic acid groups (broad SMARTS) is 1. The van der Waals surface area contributed by atoms with Gasteiger partial charge in [-0.15, -0.1) is 0 Å². The second-order valence-corrected chi connectivity index (χ2v) is 3.95. The minimum absolute atomic E-state index is 0.165. The molecule has 5 heteroatoms. The molecule has 0 aliphatic carbocycles. The zero-order chi connectivity index (χ0) is 13.3. The van der Waals surface area contributed by atoms with Gasteiger partial charge in [0.05, 0.1) is 28.8 Å². The maximum atomic E-state index is 12.8. The summed E-state index contributed by atoms with van der Waals surface area (Å²) in [6.45, 7) is 3.37. The fourth-order valence-corrected chi connectivity index (χ4v) is 1.70. The van der Waals surface area contributed by atoms with Gasteiger partial charge >= 0.3 is 5.97 Å². The highest BCUT2D eigenvalue weighted by atomic mass is 19.1.